The van der Waals surface area contributed by atoms with Crippen LogP contribution in [0, 0.1) is 29.1 Å². The van der Waals surface area contributed by atoms with E-state index in [2.05, 4.69) is 66.8 Å². The van der Waals surface area contributed by atoms with E-state index in [9.17, 15) is 5.11 Å². The van der Waals surface area contributed by atoms with Gasteiger partial charge in [-0.1, -0.05) is 60.1 Å². The number of hydrogen-bond acceptors (Lipinski definition) is 2. The molecule has 0 saturated heterocycles. The second-order valence-corrected chi connectivity index (χ2v) is 16.2. The highest BCUT2D eigenvalue weighted by atomic mass is 28.4. The maximum absolute atomic E-state index is 9.78. The summed E-state index contributed by atoms with van der Waals surface area (Å²) in [6, 6.07) is 0. The second-order valence-electron chi connectivity index (χ2n) is 11.4. The molecule has 0 bridgehead atoms. The zero-order valence-electron chi connectivity index (χ0n) is 19.5. The van der Waals surface area contributed by atoms with Crippen LogP contribution in [0.2, 0.25) is 18.1 Å². The molecule has 2 rings (SSSR count). The van der Waals surface area contributed by atoms with Gasteiger partial charge in [-0.3, -0.25) is 0 Å². The maximum atomic E-state index is 9.78. The SMILES string of the molecule is C[C@H](/C=C/[C@H](C)[C@@H](C)O)[C@H]1CC[C@H]2[C@@H](O[Si](C)(C)C(C)(C)C)CCC[C@]12C. The Morgan fingerprint density at radius 3 is 2.26 bits per heavy atom. The van der Waals surface area contributed by atoms with Crippen LogP contribution >= 0.6 is 0 Å². The van der Waals surface area contributed by atoms with Gasteiger partial charge in [-0.2, -0.15) is 0 Å². The maximum Gasteiger partial charge on any atom is 0.192 e. The number of aliphatic hydroxyl groups is 1. The molecular formula is C24H46O2Si. The van der Waals surface area contributed by atoms with E-state index in [1.165, 1.54) is 32.1 Å². The van der Waals surface area contributed by atoms with E-state index < -0.39 is 8.32 Å². The van der Waals surface area contributed by atoms with E-state index in [0.29, 0.717) is 17.4 Å². The Hall–Kier alpha value is -0.123. The Labute approximate surface area is 170 Å². The average molecular weight is 395 g/mol. The third kappa shape index (κ3) is 4.90. The zero-order valence-corrected chi connectivity index (χ0v) is 20.5. The molecule has 2 aliphatic carbocycles. The summed E-state index contributed by atoms with van der Waals surface area (Å²) in [6.07, 6.45) is 11.4. The molecule has 2 saturated carbocycles. The highest BCUT2D eigenvalue weighted by molar-refractivity contribution is 6.74. The fourth-order valence-electron chi connectivity index (χ4n) is 5.37. The molecule has 0 aromatic carbocycles. The fourth-order valence-corrected chi connectivity index (χ4v) is 6.76. The van der Waals surface area contributed by atoms with E-state index in [1.54, 1.807) is 0 Å². The van der Waals surface area contributed by atoms with Gasteiger partial charge < -0.3 is 9.53 Å². The minimum Gasteiger partial charge on any atom is -0.414 e. The third-order valence-electron chi connectivity index (χ3n) is 8.50. The Morgan fingerprint density at radius 1 is 1.07 bits per heavy atom. The Balaban J connectivity index is 2.13. The van der Waals surface area contributed by atoms with Gasteiger partial charge in [-0.05, 0) is 79.8 Å². The van der Waals surface area contributed by atoms with Crippen molar-refractivity contribution in [2.24, 2.45) is 29.1 Å². The number of aliphatic hydroxyl groups excluding tert-OH is 1. The largest absolute Gasteiger partial charge is 0.414 e. The van der Waals surface area contributed by atoms with Crippen molar-refractivity contribution in [2.75, 3.05) is 0 Å². The third-order valence-corrected chi connectivity index (χ3v) is 13.0. The van der Waals surface area contributed by atoms with Crippen LogP contribution in [0.5, 0.6) is 0 Å². The Bertz CT molecular complexity index is 519. The van der Waals surface area contributed by atoms with Gasteiger partial charge in [0.15, 0.2) is 8.32 Å². The summed E-state index contributed by atoms with van der Waals surface area (Å²) in [5.41, 5.74) is 0.406. The van der Waals surface area contributed by atoms with Crippen molar-refractivity contribution in [1.29, 1.82) is 0 Å². The van der Waals surface area contributed by atoms with E-state index in [-0.39, 0.29) is 17.1 Å². The van der Waals surface area contributed by atoms with Gasteiger partial charge in [-0.15, -0.1) is 0 Å². The van der Waals surface area contributed by atoms with Crippen LogP contribution in [0.3, 0.4) is 0 Å². The van der Waals surface area contributed by atoms with Crippen LogP contribution in [0.4, 0.5) is 0 Å². The van der Waals surface area contributed by atoms with Gasteiger partial charge in [0.25, 0.3) is 0 Å². The first-order valence-electron chi connectivity index (χ1n) is 11.3. The van der Waals surface area contributed by atoms with Crippen molar-refractivity contribution in [3.8, 4) is 0 Å². The first-order chi connectivity index (χ1) is 12.3. The number of rotatable bonds is 6. The van der Waals surface area contributed by atoms with Crippen LogP contribution in [0.1, 0.15) is 80.6 Å². The van der Waals surface area contributed by atoms with Gasteiger partial charge >= 0.3 is 0 Å². The summed E-state index contributed by atoms with van der Waals surface area (Å²) >= 11 is 0. The van der Waals surface area contributed by atoms with E-state index in [0.717, 1.165) is 11.8 Å². The minimum atomic E-state index is -1.72. The quantitative estimate of drug-likeness (QED) is 0.396. The van der Waals surface area contributed by atoms with Crippen LogP contribution in [0.25, 0.3) is 0 Å². The van der Waals surface area contributed by atoms with E-state index in [4.69, 9.17) is 4.43 Å². The lowest BCUT2D eigenvalue weighted by atomic mass is 9.62. The number of fused-ring (bicyclic) bond motifs is 1. The summed E-state index contributed by atoms with van der Waals surface area (Å²) in [5.74, 6) is 2.27. The van der Waals surface area contributed by atoms with Gasteiger partial charge in [0.1, 0.15) is 0 Å². The van der Waals surface area contributed by atoms with Gasteiger partial charge in [-0.25, -0.2) is 0 Å². The molecule has 0 spiro atoms. The van der Waals surface area contributed by atoms with Crippen LogP contribution in [-0.4, -0.2) is 25.6 Å². The summed E-state index contributed by atoms with van der Waals surface area (Å²) in [6.45, 7) is 20.8. The lowest BCUT2D eigenvalue weighted by Gasteiger charge is -2.49. The summed E-state index contributed by atoms with van der Waals surface area (Å²) in [7, 11) is -1.72. The molecule has 1 N–H and O–H groups in total. The molecule has 0 radical (unpaired) electrons. The monoisotopic (exact) mass is 394 g/mol. The lowest BCUT2D eigenvalue weighted by Crippen LogP contribution is -2.50. The van der Waals surface area contributed by atoms with Crippen molar-refractivity contribution in [3.05, 3.63) is 12.2 Å². The van der Waals surface area contributed by atoms with Crippen LogP contribution in [0.15, 0.2) is 12.2 Å². The molecule has 158 valence electrons. The van der Waals surface area contributed by atoms with Crippen molar-refractivity contribution < 1.29 is 9.53 Å². The number of allylic oxidation sites excluding steroid dienone is 1. The van der Waals surface area contributed by atoms with Gasteiger partial charge in [0.05, 0.1) is 6.10 Å². The standard InChI is InChI=1S/C24H46O2Si/c1-17(19(3)25)12-13-18(2)20-14-15-21-22(11-10-16-24(20,21)7)26-27(8,9)23(4,5)6/h12-13,17-22,25H,10-11,14-16H2,1-9H3/b13-12+/t17-,18+,19+,20+,21-,22-,24+/m0/s1. The van der Waals surface area contributed by atoms with Gasteiger partial charge in [0, 0.05) is 6.10 Å². The predicted molar refractivity (Wildman–Crippen MR) is 119 cm³/mol. The minimum absolute atomic E-state index is 0.235. The normalized spacial score (nSPS) is 35.9. The van der Waals surface area contributed by atoms with Crippen LogP contribution in [-0.2, 0) is 4.43 Å². The first-order valence-corrected chi connectivity index (χ1v) is 14.2. The Morgan fingerprint density at radius 2 is 1.70 bits per heavy atom. The summed E-state index contributed by atoms with van der Waals surface area (Å²) in [5, 5.41) is 10.1. The average Bonchev–Trinajstić information content (AvgIpc) is 2.89. The summed E-state index contributed by atoms with van der Waals surface area (Å²) in [4.78, 5) is 0. The molecule has 0 aromatic rings. The molecule has 3 heteroatoms. The fraction of sp³-hybridized carbons (Fsp3) is 0.917. The van der Waals surface area contributed by atoms with Gasteiger partial charge in [0.2, 0.25) is 0 Å². The highest BCUT2D eigenvalue weighted by Gasteiger charge is 2.54. The van der Waals surface area contributed by atoms with Crippen molar-refractivity contribution in [3.63, 3.8) is 0 Å². The highest BCUT2D eigenvalue weighted by Crippen LogP contribution is 2.59. The molecule has 0 aromatic heterocycles. The lowest BCUT2D eigenvalue weighted by molar-refractivity contribution is -0.0163. The molecule has 0 aliphatic heterocycles. The molecule has 0 amide bonds. The van der Waals surface area contributed by atoms with Crippen molar-refractivity contribution >= 4 is 8.32 Å². The molecule has 0 unspecified atom stereocenters. The molecule has 27 heavy (non-hydrogen) atoms. The molecule has 0 heterocycles. The van der Waals surface area contributed by atoms with Crippen LogP contribution < -0.4 is 0 Å². The topological polar surface area (TPSA) is 29.5 Å². The number of hydrogen-bond donors (Lipinski definition) is 1. The molecule has 2 fully saturated rings. The first kappa shape index (κ1) is 23.2. The second kappa shape index (κ2) is 8.32. The zero-order chi connectivity index (χ0) is 20.6. The van der Waals surface area contributed by atoms with Crippen molar-refractivity contribution in [1.82, 2.24) is 0 Å². The molecule has 2 aliphatic rings. The predicted octanol–water partition coefficient (Wildman–Crippen LogP) is 6.80. The molecular weight excluding hydrogens is 348 g/mol. The molecule has 7 atom stereocenters. The summed E-state index contributed by atoms with van der Waals surface area (Å²) < 4.78 is 6.97. The van der Waals surface area contributed by atoms with E-state index in [1.807, 2.05) is 6.92 Å². The Kier molecular flexibility index (Phi) is 7.13. The smallest absolute Gasteiger partial charge is 0.192 e. The van der Waals surface area contributed by atoms with Crippen molar-refractivity contribution in [2.45, 2.75) is 111 Å². The van der Waals surface area contributed by atoms with E-state index >= 15 is 0 Å². The molecule has 2 nitrogen and oxygen atoms in total.